The first kappa shape index (κ1) is 23.2. The maximum absolute atomic E-state index is 13.0. The molecule has 0 radical (unpaired) electrons. The Kier molecular flexibility index (Phi) is 7.34. The first-order valence-electron chi connectivity index (χ1n) is 11.5. The van der Waals surface area contributed by atoms with Gasteiger partial charge in [0.2, 0.25) is 5.95 Å². The second-order valence-corrected chi connectivity index (χ2v) is 7.95. The largest absolute Gasteiger partial charge is 0.322 e. The highest BCUT2D eigenvalue weighted by Gasteiger charge is 2.15. The summed E-state index contributed by atoms with van der Waals surface area (Å²) in [7, 11) is 0. The Morgan fingerprint density at radius 1 is 0.794 bits per heavy atom. The van der Waals surface area contributed by atoms with Crippen molar-refractivity contribution in [3.05, 3.63) is 90.0 Å². The molecule has 7 nitrogen and oxygen atoms in total. The molecular formula is C27H29N5O2. The summed E-state index contributed by atoms with van der Waals surface area (Å²) in [6, 6.07) is 23.7. The fourth-order valence-electron chi connectivity index (χ4n) is 3.85. The van der Waals surface area contributed by atoms with Crippen LogP contribution in [-0.4, -0.2) is 45.9 Å². The van der Waals surface area contributed by atoms with Gasteiger partial charge in [0.05, 0.1) is 11.0 Å². The number of amides is 2. The number of hydrogen-bond donors (Lipinski definition) is 2. The third-order valence-corrected chi connectivity index (χ3v) is 5.86. The van der Waals surface area contributed by atoms with E-state index in [0.29, 0.717) is 22.8 Å². The number of benzene rings is 3. The van der Waals surface area contributed by atoms with Crippen molar-refractivity contribution in [1.82, 2.24) is 14.5 Å². The van der Waals surface area contributed by atoms with Crippen LogP contribution in [0.3, 0.4) is 0 Å². The summed E-state index contributed by atoms with van der Waals surface area (Å²) >= 11 is 0. The number of imidazole rings is 1. The van der Waals surface area contributed by atoms with Crippen molar-refractivity contribution >= 4 is 34.5 Å². The number of anilines is 2. The van der Waals surface area contributed by atoms with E-state index in [1.54, 1.807) is 36.4 Å². The molecule has 34 heavy (non-hydrogen) atoms. The quantitative estimate of drug-likeness (QED) is 0.377. The molecule has 0 atom stereocenters. The summed E-state index contributed by atoms with van der Waals surface area (Å²) in [6.45, 7) is 7.82. The molecule has 0 fully saturated rings. The summed E-state index contributed by atoms with van der Waals surface area (Å²) in [6.07, 6.45) is 0. The summed E-state index contributed by atoms with van der Waals surface area (Å²) in [5, 5.41) is 5.82. The lowest BCUT2D eigenvalue weighted by Gasteiger charge is -2.19. The van der Waals surface area contributed by atoms with Crippen molar-refractivity contribution in [2.75, 3.05) is 30.3 Å². The molecule has 0 aliphatic heterocycles. The molecule has 7 heteroatoms. The van der Waals surface area contributed by atoms with Crippen LogP contribution < -0.4 is 10.6 Å². The number of carbonyl (C=O) groups is 2. The van der Waals surface area contributed by atoms with E-state index in [1.165, 1.54) is 0 Å². The first-order chi connectivity index (χ1) is 16.6. The molecule has 0 spiro atoms. The summed E-state index contributed by atoms with van der Waals surface area (Å²) < 4.78 is 2.06. The zero-order chi connectivity index (χ0) is 23.9. The van der Waals surface area contributed by atoms with Crippen molar-refractivity contribution in [3.8, 4) is 0 Å². The van der Waals surface area contributed by atoms with Gasteiger partial charge in [0.25, 0.3) is 11.8 Å². The molecule has 0 unspecified atom stereocenters. The molecule has 3 aromatic carbocycles. The van der Waals surface area contributed by atoms with Gasteiger partial charge in [-0.1, -0.05) is 44.2 Å². The number of nitrogens with one attached hydrogen (secondary N) is 2. The second kappa shape index (κ2) is 10.8. The van der Waals surface area contributed by atoms with Crippen LogP contribution in [0.1, 0.15) is 34.6 Å². The fourth-order valence-corrected chi connectivity index (χ4v) is 3.85. The highest BCUT2D eigenvalue weighted by Crippen LogP contribution is 2.21. The number of nitrogens with zero attached hydrogens (tertiary/aromatic N) is 3. The third kappa shape index (κ3) is 5.32. The predicted octanol–water partition coefficient (Wildman–Crippen LogP) is 4.88. The predicted molar refractivity (Wildman–Crippen MR) is 136 cm³/mol. The van der Waals surface area contributed by atoms with Crippen molar-refractivity contribution in [2.45, 2.75) is 20.4 Å². The molecule has 2 amide bonds. The zero-order valence-corrected chi connectivity index (χ0v) is 19.5. The van der Waals surface area contributed by atoms with Crippen LogP contribution in [0.15, 0.2) is 78.9 Å². The molecule has 4 rings (SSSR count). The number of aromatic nitrogens is 2. The Morgan fingerprint density at radius 2 is 1.41 bits per heavy atom. The zero-order valence-electron chi connectivity index (χ0n) is 19.5. The number of carbonyl (C=O) groups excluding carboxylic acids is 2. The maximum Gasteiger partial charge on any atom is 0.257 e. The van der Waals surface area contributed by atoms with Crippen molar-refractivity contribution in [3.63, 3.8) is 0 Å². The van der Waals surface area contributed by atoms with E-state index in [4.69, 9.17) is 0 Å². The normalized spacial score (nSPS) is 11.0. The monoisotopic (exact) mass is 455 g/mol. The van der Waals surface area contributed by atoms with Crippen molar-refractivity contribution < 1.29 is 9.59 Å². The van der Waals surface area contributed by atoms with Crippen LogP contribution in [0, 0.1) is 0 Å². The Hall–Kier alpha value is -3.97. The van der Waals surface area contributed by atoms with E-state index in [-0.39, 0.29) is 11.8 Å². The molecule has 0 bridgehead atoms. The smallest absolute Gasteiger partial charge is 0.257 e. The molecular weight excluding hydrogens is 426 g/mol. The van der Waals surface area contributed by atoms with Crippen LogP contribution in [0.4, 0.5) is 11.6 Å². The minimum atomic E-state index is -0.250. The van der Waals surface area contributed by atoms with Gasteiger partial charge in [-0.25, -0.2) is 4.98 Å². The number of para-hydroxylation sites is 2. The van der Waals surface area contributed by atoms with E-state index in [0.717, 1.165) is 37.2 Å². The van der Waals surface area contributed by atoms with Gasteiger partial charge in [0.1, 0.15) is 0 Å². The molecule has 0 saturated carbocycles. The molecule has 4 aromatic rings. The minimum absolute atomic E-state index is 0.195. The third-order valence-electron chi connectivity index (χ3n) is 5.86. The standard InChI is InChI=1S/C27H29N5O2/c1-3-31(4-2)18-19-32-24-13-9-8-12-23(24)29-27(32)30-26(34)21-14-16-22(17-15-21)28-25(33)20-10-6-5-7-11-20/h5-17H,3-4,18-19H2,1-2H3,(H,28,33)(H,29,30,34). The van der Waals surface area contributed by atoms with Crippen molar-refractivity contribution in [1.29, 1.82) is 0 Å². The molecule has 0 aliphatic carbocycles. The lowest BCUT2D eigenvalue weighted by molar-refractivity contribution is 0.101. The van der Waals surface area contributed by atoms with Crippen LogP contribution in [0.25, 0.3) is 11.0 Å². The molecule has 1 aromatic heterocycles. The van der Waals surface area contributed by atoms with E-state index in [2.05, 4.69) is 38.9 Å². The summed E-state index contributed by atoms with van der Waals surface area (Å²) in [5.74, 6) is 0.0832. The highest BCUT2D eigenvalue weighted by atomic mass is 16.2. The average molecular weight is 456 g/mol. The SMILES string of the molecule is CCN(CC)CCn1c(NC(=O)c2ccc(NC(=O)c3ccccc3)cc2)nc2ccccc21. The molecule has 174 valence electrons. The van der Waals surface area contributed by atoms with Gasteiger partial charge in [-0.15, -0.1) is 0 Å². The van der Waals surface area contributed by atoms with Gasteiger partial charge in [-0.2, -0.15) is 0 Å². The van der Waals surface area contributed by atoms with Crippen LogP contribution >= 0.6 is 0 Å². The Balaban J connectivity index is 1.48. The van der Waals surface area contributed by atoms with Crippen LogP contribution in [-0.2, 0) is 6.54 Å². The molecule has 0 aliphatic rings. The fraction of sp³-hybridized carbons (Fsp3) is 0.222. The Bertz CT molecular complexity index is 1260. The molecule has 2 N–H and O–H groups in total. The lowest BCUT2D eigenvalue weighted by atomic mass is 10.1. The average Bonchev–Trinajstić information content (AvgIpc) is 3.22. The van der Waals surface area contributed by atoms with Gasteiger partial charge >= 0.3 is 0 Å². The van der Waals surface area contributed by atoms with Crippen LogP contribution in [0.5, 0.6) is 0 Å². The topological polar surface area (TPSA) is 79.3 Å². The van der Waals surface area contributed by atoms with Crippen LogP contribution in [0.2, 0.25) is 0 Å². The van der Waals surface area contributed by atoms with Crippen molar-refractivity contribution in [2.24, 2.45) is 0 Å². The van der Waals surface area contributed by atoms with E-state index in [1.807, 2.05) is 42.5 Å². The number of fused-ring (bicyclic) bond motifs is 1. The first-order valence-corrected chi connectivity index (χ1v) is 11.5. The molecule has 1 heterocycles. The van der Waals surface area contributed by atoms with Gasteiger partial charge in [-0.3, -0.25) is 14.9 Å². The van der Waals surface area contributed by atoms with Gasteiger partial charge < -0.3 is 14.8 Å². The number of hydrogen-bond acceptors (Lipinski definition) is 4. The summed E-state index contributed by atoms with van der Waals surface area (Å²) in [4.78, 5) is 32.3. The lowest BCUT2D eigenvalue weighted by Crippen LogP contribution is -2.27. The Morgan fingerprint density at radius 3 is 2.12 bits per heavy atom. The molecule has 0 saturated heterocycles. The Labute approximate surface area is 199 Å². The van der Waals surface area contributed by atoms with Gasteiger partial charge in [-0.05, 0) is 61.6 Å². The van der Waals surface area contributed by atoms with Gasteiger partial charge in [0, 0.05) is 29.9 Å². The number of likely N-dealkylation sites (N-methyl/N-ethyl adjacent to an activating group) is 1. The maximum atomic E-state index is 13.0. The number of rotatable bonds is 9. The van der Waals surface area contributed by atoms with E-state index < -0.39 is 0 Å². The minimum Gasteiger partial charge on any atom is -0.322 e. The second-order valence-electron chi connectivity index (χ2n) is 7.95. The van der Waals surface area contributed by atoms with E-state index in [9.17, 15) is 9.59 Å². The van der Waals surface area contributed by atoms with Gasteiger partial charge in [0.15, 0.2) is 0 Å². The van der Waals surface area contributed by atoms with E-state index >= 15 is 0 Å². The summed E-state index contributed by atoms with van der Waals surface area (Å²) in [5.41, 5.74) is 3.52. The highest BCUT2D eigenvalue weighted by molar-refractivity contribution is 6.06.